The van der Waals surface area contributed by atoms with Gasteiger partial charge in [0.1, 0.15) is 4.90 Å². The van der Waals surface area contributed by atoms with E-state index in [0.29, 0.717) is 30.4 Å². The van der Waals surface area contributed by atoms with Gasteiger partial charge >= 0.3 is 0 Å². The highest BCUT2D eigenvalue weighted by Crippen LogP contribution is 2.19. The molecule has 1 N–H and O–H groups in total. The smallest absolute Gasteiger partial charge is 0.244 e. The van der Waals surface area contributed by atoms with Crippen LogP contribution in [-0.2, 0) is 23.6 Å². The van der Waals surface area contributed by atoms with Crippen LogP contribution in [0.1, 0.15) is 26.5 Å². The van der Waals surface area contributed by atoms with Gasteiger partial charge in [-0.15, -0.1) is 0 Å². The number of nitrogens with one attached hydrogen (secondary N) is 1. The molecule has 0 spiro atoms. The Labute approximate surface area is 116 Å². The first-order valence-electron chi connectivity index (χ1n) is 6.62. The molecule has 110 valence electrons. The van der Waals surface area contributed by atoms with Gasteiger partial charge in [-0.2, -0.15) is 4.31 Å². The van der Waals surface area contributed by atoms with E-state index >= 15 is 0 Å². The van der Waals surface area contributed by atoms with E-state index in [9.17, 15) is 8.42 Å². The zero-order chi connectivity index (χ0) is 14.6. The molecular formula is C13H25N3O2S. The van der Waals surface area contributed by atoms with Crippen LogP contribution in [0.4, 0.5) is 0 Å². The van der Waals surface area contributed by atoms with Crippen molar-refractivity contribution in [2.45, 2.75) is 32.2 Å². The third-order valence-electron chi connectivity index (χ3n) is 3.00. The van der Waals surface area contributed by atoms with Gasteiger partial charge in [-0.05, 0) is 19.0 Å². The summed E-state index contributed by atoms with van der Waals surface area (Å²) in [6.07, 6.45) is 1.69. The van der Waals surface area contributed by atoms with E-state index in [1.54, 1.807) is 12.3 Å². The van der Waals surface area contributed by atoms with E-state index in [1.165, 1.54) is 4.31 Å². The Bertz CT molecular complexity index is 506. The van der Waals surface area contributed by atoms with Gasteiger partial charge in [0.25, 0.3) is 0 Å². The van der Waals surface area contributed by atoms with Gasteiger partial charge in [-0.25, -0.2) is 8.42 Å². The fourth-order valence-corrected chi connectivity index (χ4v) is 3.74. The van der Waals surface area contributed by atoms with Crippen molar-refractivity contribution in [2.24, 2.45) is 13.0 Å². The van der Waals surface area contributed by atoms with Crippen molar-refractivity contribution in [3.05, 3.63) is 18.0 Å². The molecule has 0 aliphatic carbocycles. The van der Waals surface area contributed by atoms with E-state index in [0.717, 1.165) is 5.69 Å². The fraction of sp³-hybridized carbons (Fsp3) is 0.692. The Balaban J connectivity index is 3.08. The molecule has 1 aromatic rings. The molecule has 0 unspecified atom stereocenters. The Kier molecular flexibility index (Phi) is 5.58. The van der Waals surface area contributed by atoms with Crippen molar-refractivity contribution in [2.75, 3.05) is 20.1 Å². The molecule has 6 heteroatoms. The number of sulfonamides is 1. The first kappa shape index (κ1) is 16.2. The van der Waals surface area contributed by atoms with Crippen LogP contribution in [0.3, 0.4) is 0 Å². The molecule has 0 radical (unpaired) electrons. The molecule has 0 aromatic carbocycles. The average Bonchev–Trinajstić information content (AvgIpc) is 2.69. The van der Waals surface area contributed by atoms with Crippen LogP contribution >= 0.6 is 0 Å². The van der Waals surface area contributed by atoms with Crippen LogP contribution in [0.15, 0.2) is 17.2 Å². The largest absolute Gasteiger partial charge is 0.352 e. The second kappa shape index (κ2) is 6.54. The van der Waals surface area contributed by atoms with Crippen LogP contribution in [0.25, 0.3) is 0 Å². The van der Waals surface area contributed by atoms with Crippen LogP contribution in [0.5, 0.6) is 0 Å². The summed E-state index contributed by atoms with van der Waals surface area (Å²) in [7, 11) is 0.330. The fourth-order valence-electron chi connectivity index (χ4n) is 2.03. The number of hydrogen-bond acceptors (Lipinski definition) is 3. The zero-order valence-electron chi connectivity index (χ0n) is 12.5. The minimum atomic E-state index is -3.38. The number of aryl methyl sites for hydroxylation is 1. The molecule has 1 heterocycles. The predicted molar refractivity (Wildman–Crippen MR) is 77.4 cm³/mol. The molecule has 0 aliphatic heterocycles. The van der Waals surface area contributed by atoms with Gasteiger partial charge in [-0.3, -0.25) is 0 Å². The second-order valence-electron chi connectivity index (χ2n) is 5.16. The monoisotopic (exact) mass is 287 g/mol. The maximum absolute atomic E-state index is 12.6. The van der Waals surface area contributed by atoms with Gasteiger partial charge in [0.05, 0.1) is 0 Å². The molecule has 0 aliphatic rings. The third-order valence-corrected chi connectivity index (χ3v) is 4.91. The second-order valence-corrected chi connectivity index (χ2v) is 7.10. The molecule has 5 nitrogen and oxygen atoms in total. The Morgan fingerprint density at radius 1 is 1.42 bits per heavy atom. The van der Waals surface area contributed by atoms with E-state index in [4.69, 9.17) is 0 Å². The summed E-state index contributed by atoms with van der Waals surface area (Å²) in [5.41, 5.74) is 0.960. The van der Waals surface area contributed by atoms with Gasteiger partial charge < -0.3 is 9.88 Å². The molecule has 0 saturated heterocycles. The summed E-state index contributed by atoms with van der Waals surface area (Å²) >= 11 is 0. The molecule has 1 aromatic heterocycles. The third kappa shape index (κ3) is 3.81. The highest BCUT2D eigenvalue weighted by atomic mass is 32.2. The number of nitrogens with zero attached hydrogens (tertiary/aromatic N) is 2. The van der Waals surface area contributed by atoms with Crippen LogP contribution in [0, 0.1) is 5.92 Å². The van der Waals surface area contributed by atoms with Crippen LogP contribution in [-0.4, -0.2) is 37.4 Å². The van der Waals surface area contributed by atoms with Crippen molar-refractivity contribution >= 4 is 10.0 Å². The number of rotatable bonds is 7. The van der Waals surface area contributed by atoms with Crippen molar-refractivity contribution in [3.8, 4) is 0 Å². The molecule has 19 heavy (non-hydrogen) atoms. The van der Waals surface area contributed by atoms with Crippen molar-refractivity contribution in [3.63, 3.8) is 0 Å². The lowest BCUT2D eigenvalue weighted by molar-refractivity contribution is 0.381. The first-order valence-corrected chi connectivity index (χ1v) is 8.06. The van der Waals surface area contributed by atoms with Crippen molar-refractivity contribution in [1.29, 1.82) is 0 Å². The number of aromatic nitrogens is 1. The minimum Gasteiger partial charge on any atom is -0.352 e. The highest BCUT2D eigenvalue weighted by molar-refractivity contribution is 7.89. The molecule has 0 bridgehead atoms. The SMILES string of the molecule is CCN(CC(C)C)S(=O)(=O)c1cc(CNC)n(C)c1. The van der Waals surface area contributed by atoms with Gasteiger partial charge in [0.2, 0.25) is 10.0 Å². The maximum Gasteiger partial charge on any atom is 0.244 e. The van der Waals surface area contributed by atoms with Gasteiger partial charge in [-0.1, -0.05) is 20.8 Å². The van der Waals surface area contributed by atoms with E-state index in [1.807, 2.05) is 39.4 Å². The maximum atomic E-state index is 12.6. The summed E-state index contributed by atoms with van der Waals surface area (Å²) in [5.74, 6) is 0.315. The lowest BCUT2D eigenvalue weighted by Gasteiger charge is -2.21. The molecule has 0 fully saturated rings. The average molecular weight is 287 g/mol. The normalized spacial score (nSPS) is 12.6. The van der Waals surface area contributed by atoms with Crippen LogP contribution in [0.2, 0.25) is 0 Å². The molecule has 0 atom stereocenters. The summed E-state index contributed by atoms with van der Waals surface area (Å²) < 4.78 is 28.5. The summed E-state index contributed by atoms with van der Waals surface area (Å²) in [4.78, 5) is 0.378. The standard InChI is InChI=1S/C13H25N3O2S/c1-6-16(9-11(2)3)19(17,18)13-7-12(8-14-4)15(5)10-13/h7,10-11,14H,6,8-9H2,1-5H3. The quantitative estimate of drug-likeness (QED) is 0.825. The zero-order valence-corrected chi connectivity index (χ0v) is 13.3. The Hall–Kier alpha value is -0.850. The van der Waals surface area contributed by atoms with E-state index in [-0.39, 0.29) is 0 Å². The Morgan fingerprint density at radius 2 is 2.05 bits per heavy atom. The van der Waals surface area contributed by atoms with Crippen molar-refractivity contribution in [1.82, 2.24) is 14.2 Å². The summed E-state index contributed by atoms with van der Waals surface area (Å²) in [6.45, 7) is 7.62. The van der Waals surface area contributed by atoms with Crippen molar-refractivity contribution < 1.29 is 8.42 Å². The summed E-state index contributed by atoms with van der Waals surface area (Å²) in [6, 6.07) is 1.74. The molecular weight excluding hydrogens is 262 g/mol. The first-order chi connectivity index (χ1) is 8.82. The lowest BCUT2D eigenvalue weighted by Crippen LogP contribution is -2.33. The van der Waals surface area contributed by atoms with Crippen LogP contribution < -0.4 is 5.32 Å². The highest BCUT2D eigenvalue weighted by Gasteiger charge is 2.25. The lowest BCUT2D eigenvalue weighted by atomic mass is 10.2. The summed E-state index contributed by atoms with van der Waals surface area (Å²) in [5, 5.41) is 3.04. The topological polar surface area (TPSA) is 54.3 Å². The molecule has 1 rings (SSSR count). The Morgan fingerprint density at radius 3 is 2.53 bits per heavy atom. The predicted octanol–water partition coefficient (Wildman–Crippen LogP) is 1.41. The molecule has 0 amide bonds. The van der Waals surface area contributed by atoms with Gasteiger partial charge in [0.15, 0.2) is 0 Å². The van der Waals surface area contributed by atoms with E-state index < -0.39 is 10.0 Å². The molecule has 0 saturated carbocycles. The van der Waals surface area contributed by atoms with E-state index in [2.05, 4.69) is 5.32 Å². The minimum absolute atomic E-state index is 0.315. The number of hydrogen-bond donors (Lipinski definition) is 1. The van der Waals surface area contributed by atoms with Gasteiger partial charge in [0, 0.05) is 38.6 Å².